The number of hydrogen-bond acceptors (Lipinski definition) is 4. The Morgan fingerprint density at radius 3 is 3.06 bits per heavy atom. The Hall–Kier alpha value is -1.20. The minimum atomic E-state index is -0.0311. The van der Waals surface area contributed by atoms with Crippen LogP contribution < -0.4 is 15.4 Å². The third-order valence-corrected chi connectivity index (χ3v) is 4.02. The Kier molecular flexibility index (Phi) is 4.90. The molecule has 1 amide bonds. The molecule has 18 heavy (non-hydrogen) atoms. The molecule has 0 bridgehead atoms. The van der Waals surface area contributed by atoms with Gasteiger partial charge in [0.2, 0.25) is 5.91 Å². The molecule has 98 valence electrons. The van der Waals surface area contributed by atoms with E-state index in [1.165, 1.54) is 5.75 Å². The quantitative estimate of drug-likeness (QED) is 0.852. The van der Waals surface area contributed by atoms with Crippen LogP contribution in [0, 0.1) is 0 Å². The van der Waals surface area contributed by atoms with Crippen LogP contribution in [-0.4, -0.2) is 37.1 Å². The largest absolute Gasteiger partial charge is 0.495 e. The fraction of sp³-hybridized carbons (Fsp3) is 0.462. The number of ether oxygens (including phenoxy) is 1. The van der Waals surface area contributed by atoms with Crippen molar-refractivity contribution in [2.75, 3.05) is 30.5 Å². The highest BCUT2D eigenvalue weighted by molar-refractivity contribution is 7.99. The van der Waals surface area contributed by atoms with Crippen molar-refractivity contribution < 1.29 is 9.53 Å². The van der Waals surface area contributed by atoms with Crippen LogP contribution in [0.4, 0.5) is 5.69 Å². The van der Waals surface area contributed by atoms with Gasteiger partial charge in [-0.1, -0.05) is 12.1 Å². The maximum absolute atomic E-state index is 11.8. The smallest absolute Gasteiger partial charge is 0.238 e. The van der Waals surface area contributed by atoms with E-state index < -0.39 is 0 Å². The van der Waals surface area contributed by atoms with E-state index in [-0.39, 0.29) is 5.91 Å². The SMILES string of the molecule is COc1ccccc1NC(=O)CNC1CCSC1. The zero-order chi connectivity index (χ0) is 12.8. The molecule has 4 nitrogen and oxygen atoms in total. The lowest BCUT2D eigenvalue weighted by Gasteiger charge is -2.12. The average Bonchev–Trinajstić information content (AvgIpc) is 2.90. The first-order valence-electron chi connectivity index (χ1n) is 6.03. The number of rotatable bonds is 5. The van der Waals surface area contributed by atoms with E-state index >= 15 is 0 Å². The molecule has 1 aliphatic rings. The van der Waals surface area contributed by atoms with E-state index in [1.807, 2.05) is 36.0 Å². The lowest BCUT2D eigenvalue weighted by molar-refractivity contribution is -0.115. The predicted molar refractivity (Wildman–Crippen MR) is 75.4 cm³/mol. The summed E-state index contributed by atoms with van der Waals surface area (Å²) in [5, 5.41) is 6.12. The molecule has 0 saturated carbocycles. The van der Waals surface area contributed by atoms with Crippen molar-refractivity contribution in [2.45, 2.75) is 12.5 Å². The molecule has 5 heteroatoms. The van der Waals surface area contributed by atoms with Gasteiger partial charge < -0.3 is 15.4 Å². The second-order valence-corrected chi connectivity index (χ2v) is 5.34. The van der Waals surface area contributed by atoms with Gasteiger partial charge in [-0.05, 0) is 24.3 Å². The van der Waals surface area contributed by atoms with E-state index in [9.17, 15) is 4.79 Å². The number of para-hydroxylation sites is 2. The fourth-order valence-corrected chi connectivity index (χ4v) is 3.06. The van der Waals surface area contributed by atoms with Crippen molar-refractivity contribution in [2.24, 2.45) is 0 Å². The summed E-state index contributed by atoms with van der Waals surface area (Å²) >= 11 is 1.93. The number of carbonyl (C=O) groups excluding carboxylic acids is 1. The van der Waals surface area contributed by atoms with Crippen molar-refractivity contribution in [3.05, 3.63) is 24.3 Å². The average molecular weight is 266 g/mol. The third-order valence-electron chi connectivity index (χ3n) is 2.86. The molecule has 0 spiro atoms. The topological polar surface area (TPSA) is 50.4 Å². The Bertz CT molecular complexity index is 406. The van der Waals surface area contributed by atoms with Crippen LogP contribution in [0.1, 0.15) is 6.42 Å². The zero-order valence-electron chi connectivity index (χ0n) is 10.4. The molecular weight excluding hydrogens is 248 g/mol. The van der Waals surface area contributed by atoms with Gasteiger partial charge in [0.25, 0.3) is 0 Å². The Labute approximate surface area is 111 Å². The number of benzene rings is 1. The molecule has 1 fully saturated rings. The maximum atomic E-state index is 11.8. The molecule has 0 radical (unpaired) electrons. The highest BCUT2D eigenvalue weighted by Gasteiger charge is 2.16. The minimum absolute atomic E-state index is 0.0311. The molecule has 1 atom stereocenters. The first kappa shape index (κ1) is 13.2. The van der Waals surface area contributed by atoms with Crippen molar-refractivity contribution in [1.82, 2.24) is 5.32 Å². The molecule has 1 heterocycles. The van der Waals surface area contributed by atoms with E-state index in [1.54, 1.807) is 7.11 Å². The van der Waals surface area contributed by atoms with Gasteiger partial charge in [-0.3, -0.25) is 4.79 Å². The van der Waals surface area contributed by atoms with Crippen molar-refractivity contribution >= 4 is 23.4 Å². The van der Waals surface area contributed by atoms with Crippen LogP contribution in [0.3, 0.4) is 0 Å². The Morgan fingerprint density at radius 2 is 2.33 bits per heavy atom. The van der Waals surface area contributed by atoms with Gasteiger partial charge in [0.15, 0.2) is 0 Å². The molecular formula is C13H18N2O2S. The maximum Gasteiger partial charge on any atom is 0.238 e. The molecule has 0 aromatic heterocycles. The number of thioether (sulfide) groups is 1. The van der Waals surface area contributed by atoms with Gasteiger partial charge in [0.05, 0.1) is 19.3 Å². The summed E-state index contributed by atoms with van der Waals surface area (Å²) in [5.41, 5.74) is 0.715. The van der Waals surface area contributed by atoms with E-state index in [0.717, 1.165) is 12.2 Å². The summed E-state index contributed by atoms with van der Waals surface area (Å²) in [4.78, 5) is 11.8. The molecule has 1 aliphatic heterocycles. The third kappa shape index (κ3) is 3.65. The number of methoxy groups -OCH3 is 1. The number of carbonyl (C=O) groups is 1. The normalized spacial score (nSPS) is 18.6. The van der Waals surface area contributed by atoms with Gasteiger partial charge in [-0.25, -0.2) is 0 Å². The molecule has 1 aromatic carbocycles. The van der Waals surface area contributed by atoms with Gasteiger partial charge in [0, 0.05) is 11.8 Å². The van der Waals surface area contributed by atoms with Crippen LogP contribution >= 0.6 is 11.8 Å². The van der Waals surface area contributed by atoms with Crippen LogP contribution in [-0.2, 0) is 4.79 Å². The second-order valence-electron chi connectivity index (χ2n) is 4.19. The van der Waals surface area contributed by atoms with Gasteiger partial charge in [-0.15, -0.1) is 0 Å². The summed E-state index contributed by atoms with van der Waals surface area (Å²) in [5.74, 6) is 2.94. The monoisotopic (exact) mass is 266 g/mol. The minimum Gasteiger partial charge on any atom is -0.495 e. The molecule has 1 aromatic rings. The zero-order valence-corrected chi connectivity index (χ0v) is 11.3. The first-order valence-corrected chi connectivity index (χ1v) is 7.19. The molecule has 1 unspecified atom stereocenters. The lowest BCUT2D eigenvalue weighted by atomic mass is 10.2. The van der Waals surface area contributed by atoms with Gasteiger partial charge >= 0.3 is 0 Å². The van der Waals surface area contributed by atoms with E-state index in [4.69, 9.17) is 4.74 Å². The summed E-state index contributed by atoms with van der Waals surface area (Å²) < 4.78 is 5.19. The summed E-state index contributed by atoms with van der Waals surface area (Å²) in [6.45, 7) is 0.350. The highest BCUT2D eigenvalue weighted by atomic mass is 32.2. The van der Waals surface area contributed by atoms with Crippen LogP contribution in [0.25, 0.3) is 0 Å². The Balaban J connectivity index is 1.82. The van der Waals surface area contributed by atoms with Crippen LogP contribution in [0.2, 0.25) is 0 Å². The van der Waals surface area contributed by atoms with Gasteiger partial charge in [0.1, 0.15) is 5.75 Å². The van der Waals surface area contributed by atoms with Crippen molar-refractivity contribution in [1.29, 1.82) is 0 Å². The summed E-state index contributed by atoms with van der Waals surface area (Å²) in [6, 6.07) is 7.89. The van der Waals surface area contributed by atoms with Crippen LogP contribution in [0.15, 0.2) is 24.3 Å². The summed E-state index contributed by atoms with van der Waals surface area (Å²) in [6.07, 6.45) is 1.15. The fourth-order valence-electron chi connectivity index (χ4n) is 1.87. The molecule has 2 N–H and O–H groups in total. The first-order chi connectivity index (χ1) is 8.79. The standard InChI is InChI=1S/C13H18N2O2S/c1-17-12-5-3-2-4-11(12)15-13(16)8-14-10-6-7-18-9-10/h2-5,10,14H,6-9H2,1H3,(H,15,16). The highest BCUT2D eigenvalue weighted by Crippen LogP contribution is 2.22. The van der Waals surface area contributed by atoms with E-state index in [0.29, 0.717) is 24.0 Å². The Morgan fingerprint density at radius 1 is 1.50 bits per heavy atom. The second kappa shape index (κ2) is 6.66. The number of amides is 1. The number of nitrogens with one attached hydrogen (secondary N) is 2. The molecule has 1 saturated heterocycles. The van der Waals surface area contributed by atoms with E-state index in [2.05, 4.69) is 10.6 Å². The lowest BCUT2D eigenvalue weighted by Crippen LogP contribution is -2.36. The van der Waals surface area contributed by atoms with Crippen molar-refractivity contribution in [3.8, 4) is 5.75 Å². The summed E-state index contributed by atoms with van der Waals surface area (Å²) in [7, 11) is 1.60. The van der Waals surface area contributed by atoms with Crippen molar-refractivity contribution in [3.63, 3.8) is 0 Å². The predicted octanol–water partition coefficient (Wildman–Crippen LogP) is 1.73. The van der Waals surface area contributed by atoms with Crippen LogP contribution in [0.5, 0.6) is 5.75 Å². The number of anilines is 1. The number of hydrogen-bond donors (Lipinski definition) is 2. The molecule has 0 aliphatic carbocycles. The molecule has 2 rings (SSSR count). The van der Waals surface area contributed by atoms with Gasteiger partial charge in [-0.2, -0.15) is 11.8 Å².